The highest BCUT2D eigenvalue weighted by molar-refractivity contribution is 5.35. The first-order valence-corrected chi connectivity index (χ1v) is 5.38. The zero-order chi connectivity index (χ0) is 11.4. The topological polar surface area (TPSA) is 9.23 Å². The van der Waals surface area contributed by atoms with Crippen LogP contribution in [-0.4, -0.2) is 6.61 Å². The molecule has 0 radical (unpaired) electrons. The van der Waals surface area contributed by atoms with Crippen LogP contribution in [0.1, 0.15) is 37.8 Å². The van der Waals surface area contributed by atoms with Crippen molar-refractivity contribution in [1.82, 2.24) is 0 Å². The zero-order valence-electron chi connectivity index (χ0n) is 10.1. The minimum absolute atomic E-state index is 0.539. The predicted octanol–water partition coefficient (Wildman–Crippen LogP) is 4.07. The second kappa shape index (κ2) is 5.01. The Bertz CT molecular complexity index is 350. The van der Waals surface area contributed by atoms with Gasteiger partial charge in [0.25, 0.3) is 0 Å². The molecule has 1 rings (SSSR count). The summed E-state index contributed by atoms with van der Waals surface area (Å²) in [6, 6.07) is 6.38. The lowest BCUT2D eigenvalue weighted by Crippen LogP contribution is -1.99. The first-order valence-electron chi connectivity index (χ1n) is 5.38. The minimum Gasteiger partial charge on any atom is -0.489 e. The third kappa shape index (κ3) is 3.78. The number of hydrogen-bond acceptors (Lipinski definition) is 1. The molecule has 0 fully saturated rings. The highest BCUT2D eigenvalue weighted by atomic mass is 16.5. The molecule has 0 amide bonds. The molecule has 1 aromatic carbocycles. The van der Waals surface area contributed by atoms with Gasteiger partial charge in [0.15, 0.2) is 0 Å². The number of aryl methyl sites for hydroxylation is 1. The highest BCUT2D eigenvalue weighted by Gasteiger charge is 2.03. The Morgan fingerprint density at radius 1 is 1.33 bits per heavy atom. The monoisotopic (exact) mass is 204 g/mol. The fourth-order valence-electron chi connectivity index (χ4n) is 1.40. The molecule has 0 heterocycles. The maximum absolute atomic E-state index is 5.64. The summed E-state index contributed by atoms with van der Waals surface area (Å²) in [5, 5.41) is 0. The van der Waals surface area contributed by atoms with E-state index in [9.17, 15) is 0 Å². The Morgan fingerprint density at radius 3 is 2.53 bits per heavy atom. The van der Waals surface area contributed by atoms with Crippen molar-refractivity contribution < 1.29 is 4.74 Å². The quantitative estimate of drug-likeness (QED) is 0.672. The molecule has 15 heavy (non-hydrogen) atoms. The third-order valence-electron chi connectivity index (χ3n) is 2.23. The lowest BCUT2D eigenvalue weighted by molar-refractivity contribution is 0.352. The maximum Gasteiger partial charge on any atom is 0.120 e. The van der Waals surface area contributed by atoms with Crippen molar-refractivity contribution in [3.05, 3.63) is 41.5 Å². The number of rotatable bonds is 4. The molecule has 0 aromatic heterocycles. The molecule has 0 unspecified atom stereocenters. The number of benzene rings is 1. The van der Waals surface area contributed by atoms with Gasteiger partial charge in [0.2, 0.25) is 0 Å². The molecule has 0 bridgehead atoms. The molecule has 0 N–H and O–H groups in total. The van der Waals surface area contributed by atoms with Gasteiger partial charge in [-0.1, -0.05) is 26.5 Å². The summed E-state index contributed by atoms with van der Waals surface area (Å²) in [5.41, 5.74) is 3.62. The van der Waals surface area contributed by atoms with Crippen molar-refractivity contribution in [3.8, 4) is 5.75 Å². The van der Waals surface area contributed by atoms with Gasteiger partial charge in [-0.3, -0.25) is 0 Å². The molecule has 0 aliphatic heterocycles. The van der Waals surface area contributed by atoms with Crippen LogP contribution in [0, 0.1) is 6.92 Å². The van der Waals surface area contributed by atoms with Crippen LogP contribution in [0.4, 0.5) is 0 Å². The number of hydrogen-bond donors (Lipinski definition) is 0. The van der Waals surface area contributed by atoms with Crippen LogP contribution in [0.25, 0.3) is 0 Å². The van der Waals surface area contributed by atoms with Crippen molar-refractivity contribution in [2.75, 3.05) is 6.61 Å². The molecule has 1 aromatic rings. The largest absolute Gasteiger partial charge is 0.489 e. The van der Waals surface area contributed by atoms with Gasteiger partial charge in [0, 0.05) is 0 Å². The Kier molecular flexibility index (Phi) is 3.96. The van der Waals surface area contributed by atoms with Crippen LogP contribution in [-0.2, 0) is 0 Å². The smallest absolute Gasteiger partial charge is 0.120 e. The van der Waals surface area contributed by atoms with E-state index in [2.05, 4.69) is 45.5 Å². The van der Waals surface area contributed by atoms with Crippen molar-refractivity contribution in [2.45, 2.75) is 33.6 Å². The van der Waals surface area contributed by atoms with Crippen molar-refractivity contribution in [3.63, 3.8) is 0 Å². The lowest BCUT2D eigenvalue weighted by Gasteiger charge is -2.11. The lowest BCUT2D eigenvalue weighted by atomic mass is 10.0. The van der Waals surface area contributed by atoms with Gasteiger partial charge >= 0.3 is 0 Å². The van der Waals surface area contributed by atoms with Crippen LogP contribution in [0.2, 0.25) is 0 Å². The van der Waals surface area contributed by atoms with Gasteiger partial charge in [-0.15, -0.1) is 0 Å². The molecule has 82 valence electrons. The van der Waals surface area contributed by atoms with Crippen molar-refractivity contribution in [1.29, 1.82) is 0 Å². The maximum atomic E-state index is 5.64. The van der Waals surface area contributed by atoms with Gasteiger partial charge in [0.1, 0.15) is 12.4 Å². The fourth-order valence-corrected chi connectivity index (χ4v) is 1.40. The number of ether oxygens (including phenoxy) is 1. The molecule has 0 saturated heterocycles. The van der Waals surface area contributed by atoms with Crippen LogP contribution in [0.3, 0.4) is 0 Å². The zero-order valence-corrected chi connectivity index (χ0v) is 10.1. The van der Waals surface area contributed by atoms with E-state index >= 15 is 0 Å². The van der Waals surface area contributed by atoms with Crippen LogP contribution in [0.15, 0.2) is 30.4 Å². The average Bonchev–Trinajstić information content (AvgIpc) is 2.13. The van der Waals surface area contributed by atoms with E-state index in [0.29, 0.717) is 12.5 Å². The molecule has 0 aliphatic carbocycles. The highest BCUT2D eigenvalue weighted by Crippen LogP contribution is 2.22. The predicted molar refractivity (Wildman–Crippen MR) is 65.6 cm³/mol. The van der Waals surface area contributed by atoms with E-state index in [1.54, 1.807) is 0 Å². The Labute approximate surface area is 92.8 Å². The van der Waals surface area contributed by atoms with E-state index in [-0.39, 0.29) is 0 Å². The molecule has 0 saturated carbocycles. The summed E-state index contributed by atoms with van der Waals surface area (Å²) in [4.78, 5) is 0. The first-order chi connectivity index (χ1) is 6.99. The van der Waals surface area contributed by atoms with Crippen LogP contribution < -0.4 is 4.74 Å². The normalized spacial score (nSPS) is 10.5. The fraction of sp³-hybridized carbons (Fsp3) is 0.429. The molecular weight excluding hydrogens is 184 g/mol. The average molecular weight is 204 g/mol. The van der Waals surface area contributed by atoms with Gasteiger partial charge in [-0.05, 0) is 48.6 Å². The van der Waals surface area contributed by atoms with E-state index in [1.807, 2.05) is 6.92 Å². The van der Waals surface area contributed by atoms with Crippen LogP contribution >= 0.6 is 0 Å². The minimum atomic E-state index is 0.539. The van der Waals surface area contributed by atoms with E-state index in [0.717, 1.165) is 11.3 Å². The summed E-state index contributed by atoms with van der Waals surface area (Å²) >= 11 is 0. The molecule has 0 atom stereocenters. The molecule has 0 spiro atoms. The second-order valence-electron chi connectivity index (χ2n) is 4.48. The Balaban J connectivity index is 2.84. The van der Waals surface area contributed by atoms with Crippen molar-refractivity contribution >= 4 is 0 Å². The van der Waals surface area contributed by atoms with Gasteiger partial charge < -0.3 is 4.74 Å². The SMILES string of the molecule is C=C(C)COc1cc(C)cc(C(C)C)c1. The van der Waals surface area contributed by atoms with Gasteiger partial charge in [0.05, 0.1) is 0 Å². The summed E-state index contributed by atoms with van der Waals surface area (Å²) in [6.07, 6.45) is 0. The van der Waals surface area contributed by atoms with Gasteiger partial charge in [-0.25, -0.2) is 0 Å². The van der Waals surface area contributed by atoms with E-state index in [1.165, 1.54) is 11.1 Å². The summed E-state index contributed by atoms with van der Waals surface area (Å²) < 4.78 is 5.64. The molecule has 1 heteroatoms. The van der Waals surface area contributed by atoms with E-state index in [4.69, 9.17) is 4.74 Å². The Hall–Kier alpha value is -1.24. The first kappa shape index (κ1) is 11.8. The van der Waals surface area contributed by atoms with Crippen LogP contribution in [0.5, 0.6) is 5.75 Å². The third-order valence-corrected chi connectivity index (χ3v) is 2.23. The summed E-state index contributed by atoms with van der Waals surface area (Å²) in [5.74, 6) is 1.48. The van der Waals surface area contributed by atoms with Gasteiger partial charge in [-0.2, -0.15) is 0 Å². The Morgan fingerprint density at radius 2 is 2.00 bits per heavy atom. The molecule has 0 aliphatic rings. The van der Waals surface area contributed by atoms with E-state index < -0.39 is 0 Å². The molecule has 1 nitrogen and oxygen atoms in total. The second-order valence-corrected chi connectivity index (χ2v) is 4.48. The standard InChI is InChI=1S/C14H20O/c1-10(2)9-15-14-7-12(5)6-13(8-14)11(3)4/h6-8,11H,1,9H2,2-5H3. The summed E-state index contributed by atoms with van der Waals surface area (Å²) in [7, 11) is 0. The van der Waals surface area contributed by atoms with Crippen molar-refractivity contribution in [2.24, 2.45) is 0 Å². The summed E-state index contributed by atoms with van der Waals surface area (Å²) in [6.45, 7) is 12.9. The molecular formula is C14H20O.